The molecule has 0 saturated heterocycles. The second kappa shape index (κ2) is 7.06. The van der Waals surface area contributed by atoms with E-state index in [0.29, 0.717) is 5.75 Å². The number of benzene rings is 1. The molecule has 0 radical (unpaired) electrons. The molecule has 0 bridgehead atoms. The summed E-state index contributed by atoms with van der Waals surface area (Å²) in [6, 6.07) is 4.11. The molecule has 1 aromatic carbocycles. The molecule has 8 heteroatoms. The molecule has 0 aromatic heterocycles. The Kier molecular flexibility index (Phi) is 6.02. The van der Waals surface area contributed by atoms with E-state index in [1.165, 1.54) is 32.4 Å². The number of aliphatic hydroxyl groups is 1. The van der Waals surface area contributed by atoms with E-state index in [9.17, 15) is 13.5 Å². The maximum Gasteiger partial charge on any atom is 0.240 e. The van der Waals surface area contributed by atoms with Crippen molar-refractivity contribution in [2.75, 3.05) is 27.4 Å². The van der Waals surface area contributed by atoms with Gasteiger partial charge in [-0.15, -0.1) is 0 Å². The van der Waals surface area contributed by atoms with Crippen LogP contribution in [0, 0.1) is 0 Å². The Morgan fingerprint density at radius 3 is 2.63 bits per heavy atom. The van der Waals surface area contributed by atoms with Crippen molar-refractivity contribution in [3.63, 3.8) is 0 Å². The summed E-state index contributed by atoms with van der Waals surface area (Å²) in [6.45, 7) is -0.0916. The molecule has 1 rings (SSSR count). The van der Waals surface area contributed by atoms with E-state index in [1.54, 1.807) is 0 Å². The number of aliphatic hydroxyl groups excluding tert-OH is 1. The minimum atomic E-state index is -3.73. The molecule has 0 heterocycles. The Hall–Kier alpha value is -0.860. The van der Waals surface area contributed by atoms with E-state index < -0.39 is 16.1 Å². The fraction of sp³-hybridized carbons (Fsp3) is 0.455. The van der Waals surface area contributed by atoms with Gasteiger partial charge in [-0.25, -0.2) is 13.1 Å². The standard InChI is InChI=1S/C11H16ClNO5S/c1-17-7-8(14)6-13-19(15,16)9-3-4-11(18-2)10(12)5-9/h3-5,8,13-14H,6-7H2,1-2H3. The highest BCUT2D eigenvalue weighted by molar-refractivity contribution is 7.89. The average Bonchev–Trinajstić information content (AvgIpc) is 2.37. The maximum absolute atomic E-state index is 11.9. The molecule has 108 valence electrons. The number of sulfonamides is 1. The van der Waals surface area contributed by atoms with Crippen LogP contribution in [-0.2, 0) is 14.8 Å². The van der Waals surface area contributed by atoms with E-state index in [-0.39, 0.29) is 23.1 Å². The van der Waals surface area contributed by atoms with Crippen molar-refractivity contribution < 1.29 is 23.0 Å². The van der Waals surface area contributed by atoms with Gasteiger partial charge in [0.2, 0.25) is 10.0 Å². The smallest absolute Gasteiger partial charge is 0.240 e. The van der Waals surface area contributed by atoms with Crippen LogP contribution in [0.1, 0.15) is 0 Å². The van der Waals surface area contributed by atoms with Crippen LogP contribution in [0.5, 0.6) is 5.75 Å². The topological polar surface area (TPSA) is 84.9 Å². The van der Waals surface area contributed by atoms with Crippen molar-refractivity contribution in [3.05, 3.63) is 23.2 Å². The highest BCUT2D eigenvalue weighted by Gasteiger charge is 2.17. The van der Waals surface area contributed by atoms with Gasteiger partial charge in [-0.05, 0) is 18.2 Å². The third kappa shape index (κ3) is 4.63. The van der Waals surface area contributed by atoms with Gasteiger partial charge in [-0.3, -0.25) is 0 Å². The molecule has 0 aliphatic heterocycles. The number of rotatable bonds is 7. The van der Waals surface area contributed by atoms with Crippen molar-refractivity contribution >= 4 is 21.6 Å². The number of halogens is 1. The van der Waals surface area contributed by atoms with Crippen molar-refractivity contribution in [3.8, 4) is 5.75 Å². The first-order valence-corrected chi connectivity index (χ1v) is 7.27. The van der Waals surface area contributed by atoms with Crippen molar-refractivity contribution in [1.29, 1.82) is 0 Å². The van der Waals surface area contributed by atoms with Crippen LogP contribution in [0.4, 0.5) is 0 Å². The summed E-state index contributed by atoms with van der Waals surface area (Å²) in [5.74, 6) is 0.389. The summed E-state index contributed by atoms with van der Waals surface area (Å²) in [6.07, 6.45) is -0.909. The fourth-order valence-electron chi connectivity index (χ4n) is 1.35. The zero-order valence-corrected chi connectivity index (χ0v) is 12.2. The second-order valence-electron chi connectivity index (χ2n) is 3.76. The molecule has 1 aromatic rings. The lowest BCUT2D eigenvalue weighted by Crippen LogP contribution is -2.34. The largest absolute Gasteiger partial charge is 0.495 e. The van der Waals surface area contributed by atoms with Gasteiger partial charge >= 0.3 is 0 Å². The Labute approximate surface area is 117 Å². The fourth-order valence-corrected chi connectivity index (χ4v) is 2.78. The van der Waals surface area contributed by atoms with Crippen LogP contribution in [-0.4, -0.2) is 47.0 Å². The van der Waals surface area contributed by atoms with Gasteiger partial charge in [0, 0.05) is 13.7 Å². The first kappa shape index (κ1) is 16.2. The van der Waals surface area contributed by atoms with E-state index in [0.717, 1.165) is 0 Å². The summed E-state index contributed by atoms with van der Waals surface area (Å²) in [5.41, 5.74) is 0. The quantitative estimate of drug-likeness (QED) is 0.772. The molecule has 1 unspecified atom stereocenters. The lowest BCUT2D eigenvalue weighted by Gasteiger charge is -2.12. The molecule has 6 nitrogen and oxygen atoms in total. The predicted octanol–water partition coefficient (Wildman–Crippen LogP) is 0.634. The predicted molar refractivity (Wildman–Crippen MR) is 71.1 cm³/mol. The SMILES string of the molecule is COCC(O)CNS(=O)(=O)c1ccc(OC)c(Cl)c1. The van der Waals surface area contributed by atoms with E-state index in [1.807, 2.05) is 0 Å². The molecule has 0 spiro atoms. The summed E-state index contributed by atoms with van der Waals surface area (Å²) in [7, 11) is -0.870. The molecular formula is C11H16ClNO5S. The monoisotopic (exact) mass is 309 g/mol. The molecule has 2 N–H and O–H groups in total. The van der Waals surface area contributed by atoms with E-state index >= 15 is 0 Å². The molecule has 19 heavy (non-hydrogen) atoms. The van der Waals surface area contributed by atoms with E-state index in [2.05, 4.69) is 4.72 Å². The summed E-state index contributed by atoms with van der Waals surface area (Å²) >= 11 is 5.86. The number of nitrogens with one attached hydrogen (secondary N) is 1. The van der Waals surface area contributed by atoms with Crippen LogP contribution in [0.15, 0.2) is 23.1 Å². The Morgan fingerprint density at radius 2 is 2.11 bits per heavy atom. The molecule has 0 aliphatic carbocycles. The first-order valence-electron chi connectivity index (χ1n) is 5.41. The molecule has 0 amide bonds. The number of methoxy groups -OCH3 is 2. The summed E-state index contributed by atoms with van der Waals surface area (Å²) in [5, 5.41) is 9.60. The van der Waals surface area contributed by atoms with Crippen LogP contribution in [0.3, 0.4) is 0 Å². The highest BCUT2D eigenvalue weighted by Crippen LogP contribution is 2.26. The molecule has 0 fully saturated rings. The van der Waals surface area contributed by atoms with Gasteiger partial charge in [-0.1, -0.05) is 11.6 Å². The van der Waals surface area contributed by atoms with E-state index in [4.69, 9.17) is 21.1 Å². The Balaban J connectivity index is 2.80. The van der Waals surface area contributed by atoms with Gasteiger partial charge in [-0.2, -0.15) is 0 Å². The highest BCUT2D eigenvalue weighted by atomic mass is 35.5. The summed E-state index contributed by atoms with van der Waals surface area (Å²) < 4.78 is 35.8. The third-order valence-electron chi connectivity index (χ3n) is 2.30. The Bertz CT molecular complexity index is 520. The zero-order chi connectivity index (χ0) is 14.5. The number of ether oxygens (including phenoxy) is 2. The molecule has 1 atom stereocenters. The van der Waals surface area contributed by atoms with Crippen molar-refractivity contribution in [2.45, 2.75) is 11.0 Å². The zero-order valence-electron chi connectivity index (χ0n) is 10.6. The molecular weight excluding hydrogens is 294 g/mol. The van der Waals surface area contributed by atoms with Gasteiger partial charge < -0.3 is 14.6 Å². The lowest BCUT2D eigenvalue weighted by atomic mass is 10.3. The normalized spacial score (nSPS) is 13.3. The first-order chi connectivity index (χ1) is 8.90. The molecule has 0 saturated carbocycles. The van der Waals surface area contributed by atoms with Gasteiger partial charge in [0.25, 0.3) is 0 Å². The third-order valence-corrected chi connectivity index (χ3v) is 4.02. The lowest BCUT2D eigenvalue weighted by molar-refractivity contribution is 0.0679. The van der Waals surface area contributed by atoms with Crippen LogP contribution in [0.2, 0.25) is 5.02 Å². The van der Waals surface area contributed by atoms with Gasteiger partial charge in [0.1, 0.15) is 5.75 Å². The van der Waals surface area contributed by atoms with Crippen LogP contribution >= 0.6 is 11.6 Å². The second-order valence-corrected chi connectivity index (χ2v) is 5.93. The van der Waals surface area contributed by atoms with Crippen LogP contribution < -0.4 is 9.46 Å². The Morgan fingerprint density at radius 1 is 1.42 bits per heavy atom. The van der Waals surface area contributed by atoms with Crippen molar-refractivity contribution in [2.24, 2.45) is 0 Å². The van der Waals surface area contributed by atoms with Gasteiger partial charge in [0.15, 0.2) is 0 Å². The molecule has 0 aliphatic rings. The maximum atomic E-state index is 11.9. The minimum absolute atomic E-state index is 0.00270. The minimum Gasteiger partial charge on any atom is -0.495 e. The van der Waals surface area contributed by atoms with Gasteiger partial charge in [0.05, 0.1) is 29.7 Å². The summed E-state index contributed by atoms with van der Waals surface area (Å²) in [4.78, 5) is 0.00270. The number of hydrogen-bond acceptors (Lipinski definition) is 5. The number of hydrogen-bond donors (Lipinski definition) is 2. The average molecular weight is 310 g/mol. The van der Waals surface area contributed by atoms with Crippen molar-refractivity contribution in [1.82, 2.24) is 4.72 Å². The van der Waals surface area contributed by atoms with Crippen LogP contribution in [0.25, 0.3) is 0 Å².